The molecule has 2 saturated heterocycles. The van der Waals surface area contributed by atoms with Crippen molar-refractivity contribution in [2.75, 3.05) is 32.7 Å². The first-order chi connectivity index (χ1) is 11.9. The van der Waals surface area contributed by atoms with Gasteiger partial charge < -0.3 is 4.90 Å². The largest absolute Gasteiger partial charge is 0.337 e. The molecule has 1 amide bonds. The zero-order chi connectivity index (χ0) is 18.1. The highest BCUT2D eigenvalue weighted by Gasteiger charge is 2.40. The quantitative estimate of drug-likeness (QED) is 0.727. The molecule has 2 aliphatic heterocycles. The molecular formula is C20H36FN3O. The number of hydrogen-bond donors (Lipinski definition) is 0. The Kier molecular flexibility index (Phi) is 6.04. The van der Waals surface area contributed by atoms with E-state index in [9.17, 15) is 9.18 Å². The van der Waals surface area contributed by atoms with Gasteiger partial charge in [-0.3, -0.25) is 14.6 Å². The second-order valence-electron chi connectivity index (χ2n) is 9.01. The van der Waals surface area contributed by atoms with Gasteiger partial charge in [-0.15, -0.1) is 0 Å². The fourth-order valence-electron chi connectivity index (χ4n) is 4.81. The molecule has 1 aliphatic carbocycles. The van der Waals surface area contributed by atoms with Crippen molar-refractivity contribution in [2.24, 2.45) is 17.8 Å². The third-order valence-corrected chi connectivity index (χ3v) is 6.81. The van der Waals surface area contributed by atoms with Crippen molar-refractivity contribution < 1.29 is 9.18 Å². The molecule has 0 aromatic rings. The minimum atomic E-state index is -0.987. The normalized spacial score (nSPS) is 33.1. The van der Waals surface area contributed by atoms with Gasteiger partial charge in [-0.2, -0.15) is 0 Å². The van der Waals surface area contributed by atoms with Crippen molar-refractivity contribution in [1.29, 1.82) is 0 Å². The van der Waals surface area contributed by atoms with Crippen LogP contribution in [0.25, 0.3) is 0 Å². The van der Waals surface area contributed by atoms with Gasteiger partial charge in [0.1, 0.15) is 0 Å². The molecule has 3 fully saturated rings. The summed E-state index contributed by atoms with van der Waals surface area (Å²) in [6.07, 6.45) is 3.69. The van der Waals surface area contributed by atoms with E-state index in [4.69, 9.17) is 0 Å². The van der Waals surface area contributed by atoms with Crippen molar-refractivity contribution in [3.05, 3.63) is 0 Å². The van der Waals surface area contributed by atoms with E-state index in [0.29, 0.717) is 25.2 Å². The fraction of sp³-hybridized carbons (Fsp3) is 0.950. The first kappa shape index (κ1) is 19.1. The lowest BCUT2D eigenvalue weighted by molar-refractivity contribution is -0.149. The van der Waals surface area contributed by atoms with Gasteiger partial charge in [-0.1, -0.05) is 13.8 Å². The lowest BCUT2D eigenvalue weighted by Crippen LogP contribution is -2.61. The van der Waals surface area contributed by atoms with Crippen LogP contribution in [-0.2, 0) is 4.79 Å². The molecule has 5 heteroatoms. The van der Waals surface area contributed by atoms with E-state index >= 15 is 0 Å². The molecule has 0 bridgehead atoms. The third kappa shape index (κ3) is 4.19. The van der Waals surface area contributed by atoms with E-state index < -0.39 is 6.30 Å². The van der Waals surface area contributed by atoms with E-state index in [1.54, 1.807) is 4.90 Å². The topological polar surface area (TPSA) is 26.8 Å². The molecule has 25 heavy (non-hydrogen) atoms. The first-order valence-electron chi connectivity index (χ1n) is 10.3. The van der Waals surface area contributed by atoms with Crippen LogP contribution >= 0.6 is 0 Å². The molecule has 0 unspecified atom stereocenters. The molecule has 1 atom stereocenters. The SMILES string of the molecule is CC(C)C1CCC(N2CCN(C(=O)C3CN(C(C)C)C3)C[C@H]2F)CC1. The van der Waals surface area contributed by atoms with E-state index in [1.807, 2.05) is 4.90 Å². The van der Waals surface area contributed by atoms with Gasteiger partial charge >= 0.3 is 0 Å². The minimum Gasteiger partial charge on any atom is -0.337 e. The van der Waals surface area contributed by atoms with E-state index in [1.165, 1.54) is 12.8 Å². The number of nitrogens with zero attached hydrogens (tertiary/aromatic N) is 3. The Hall–Kier alpha value is -0.680. The predicted octanol–water partition coefficient (Wildman–Crippen LogP) is 2.98. The smallest absolute Gasteiger partial charge is 0.228 e. The van der Waals surface area contributed by atoms with Gasteiger partial charge in [0.15, 0.2) is 6.30 Å². The molecule has 4 nitrogen and oxygen atoms in total. The fourth-order valence-corrected chi connectivity index (χ4v) is 4.81. The molecule has 0 radical (unpaired) electrons. The Labute approximate surface area is 152 Å². The lowest BCUT2D eigenvalue weighted by Gasteiger charge is -2.47. The number of alkyl halides is 1. The van der Waals surface area contributed by atoms with E-state index in [-0.39, 0.29) is 18.4 Å². The summed E-state index contributed by atoms with van der Waals surface area (Å²) in [4.78, 5) is 18.7. The van der Waals surface area contributed by atoms with Gasteiger partial charge in [0.05, 0.1) is 12.5 Å². The van der Waals surface area contributed by atoms with Gasteiger partial charge in [-0.25, -0.2) is 4.39 Å². The van der Waals surface area contributed by atoms with Crippen LogP contribution in [0.5, 0.6) is 0 Å². The summed E-state index contributed by atoms with van der Waals surface area (Å²) in [6, 6.07) is 0.873. The minimum absolute atomic E-state index is 0.0858. The molecule has 1 saturated carbocycles. The Morgan fingerprint density at radius 3 is 2.12 bits per heavy atom. The van der Waals surface area contributed by atoms with Crippen LogP contribution in [-0.4, -0.2) is 71.7 Å². The molecule has 2 heterocycles. The number of halogens is 1. The van der Waals surface area contributed by atoms with Crippen molar-refractivity contribution >= 4 is 5.91 Å². The zero-order valence-corrected chi connectivity index (χ0v) is 16.5. The molecule has 144 valence electrons. The molecule has 0 N–H and O–H groups in total. The van der Waals surface area contributed by atoms with Crippen LogP contribution < -0.4 is 0 Å². The summed E-state index contributed by atoms with van der Waals surface area (Å²) in [5.74, 6) is 1.80. The lowest BCUT2D eigenvalue weighted by atomic mass is 9.79. The van der Waals surface area contributed by atoms with E-state index in [2.05, 4.69) is 32.6 Å². The summed E-state index contributed by atoms with van der Waals surface area (Å²) in [7, 11) is 0. The van der Waals surface area contributed by atoms with Crippen LogP contribution in [0.4, 0.5) is 4.39 Å². The van der Waals surface area contributed by atoms with Crippen LogP contribution in [0.3, 0.4) is 0 Å². The van der Waals surface area contributed by atoms with Crippen molar-refractivity contribution in [2.45, 2.75) is 71.8 Å². The maximum Gasteiger partial charge on any atom is 0.228 e. The summed E-state index contributed by atoms with van der Waals surface area (Å²) < 4.78 is 14.8. The van der Waals surface area contributed by atoms with Crippen molar-refractivity contribution in [3.8, 4) is 0 Å². The van der Waals surface area contributed by atoms with Crippen LogP contribution in [0.2, 0.25) is 0 Å². The number of carbonyl (C=O) groups excluding carboxylic acids is 1. The third-order valence-electron chi connectivity index (χ3n) is 6.81. The number of carbonyl (C=O) groups is 1. The monoisotopic (exact) mass is 353 g/mol. The van der Waals surface area contributed by atoms with Crippen molar-refractivity contribution in [3.63, 3.8) is 0 Å². The summed E-state index contributed by atoms with van der Waals surface area (Å²) in [5, 5.41) is 0. The highest BCUT2D eigenvalue weighted by atomic mass is 19.1. The summed E-state index contributed by atoms with van der Waals surface area (Å²) in [6.45, 7) is 12.3. The number of rotatable bonds is 4. The van der Waals surface area contributed by atoms with Gasteiger partial charge in [0.2, 0.25) is 5.91 Å². The molecule has 3 aliphatic rings. The van der Waals surface area contributed by atoms with Crippen LogP contribution in [0.15, 0.2) is 0 Å². The second kappa shape index (κ2) is 7.91. The molecule has 3 rings (SSSR count). The summed E-state index contributed by atoms with van der Waals surface area (Å²) in [5.41, 5.74) is 0. The first-order valence-corrected chi connectivity index (χ1v) is 10.3. The number of piperazine rings is 1. The van der Waals surface area contributed by atoms with E-state index in [0.717, 1.165) is 37.8 Å². The van der Waals surface area contributed by atoms with Gasteiger partial charge in [-0.05, 0) is 51.4 Å². The molecular weight excluding hydrogens is 317 g/mol. The average Bonchev–Trinajstić information content (AvgIpc) is 2.53. The number of hydrogen-bond acceptors (Lipinski definition) is 3. The van der Waals surface area contributed by atoms with Gasteiger partial charge in [0.25, 0.3) is 0 Å². The highest BCUT2D eigenvalue weighted by molar-refractivity contribution is 5.80. The Morgan fingerprint density at radius 2 is 1.60 bits per heavy atom. The zero-order valence-electron chi connectivity index (χ0n) is 16.5. The maximum atomic E-state index is 14.8. The standard InChI is InChI=1S/C20H36FN3O/c1-14(2)16-5-7-18(8-6-16)24-10-9-22(13-19(24)21)20(25)17-11-23(12-17)15(3)4/h14-19H,5-13H2,1-4H3/t16?,18?,19-/m0/s1. The average molecular weight is 354 g/mol. The summed E-state index contributed by atoms with van der Waals surface area (Å²) >= 11 is 0. The van der Waals surface area contributed by atoms with Crippen LogP contribution in [0, 0.1) is 17.8 Å². The molecule has 0 spiro atoms. The maximum absolute atomic E-state index is 14.8. The van der Waals surface area contributed by atoms with Gasteiger partial charge in [0, 0.05) is 38.3 Å². The Bertz CT molecular complexity index is 456. The number of amides is 1. The number of likely N-dealkylation sites (tertiary alicyclic amines) is 1. The molecule has 0 aromatic carbocycles. The second-order valence-corrected chi connectivity index (χ2v) is 9.01. The Balaban J connectivity index is 1.46. The Morgan fingerprint density at radius 1 is 0.960 bits per heavy atom. The predicted molar refractivity (Wildman–Crippen MR) is 99.0 cm³/mol. The molecule has 0 aromatic heterocycles. The van der Waals surface area contributed by atoms with Crippen LogP contribution in [0.1, 0.15) is 53.4 Å². The highest BCUT2D eigenvalue weighted by Crippen LogP contribution is 2.34. The van der Waals surface area contributed by atoms with Crippen molar-refractivity contribution in [1.82, 2.24) is 14.7 Å².